The zero-order chi connectivity index (χ0) is 23.6. The molecule has 176 valence electrons. The summed E-state index contributed by atoms with van der Waals surface area (Å²) >= 11 is 0. The standard InChI is InChI=1S/C24H32N6O3/c1-5-33-19-10-8-18(9-11-19)30-22-20(27-28-30)14-25-21(26-22)13-16-6-7-17(12-16)23(31)29(4)15-24(2,3)32/h8-11,14,16-17,32H,5-7,12-13,15H2,1-4H3/t16-,17-/m1/s1. The number of rotatable bonds is 8. The lowest BCUT2D eigenvalue weighted by Gasteiger charge is -2.27. The molecule has 9 nitrogen and oxygen atoms in total. The lowest BCUT2D eigenvalue weighted by Crippen LogP contribution is -2.42. The third-order valence-electron chi connectivity index (χ3n) is 6.00. The van der Waals surface area contributed by atoms with Crippen LogP contribution in [0.5, 0.6) is 5.75 Å². The van der Waals surface area contributed by atoms with Crippen molar-refractivity contribution in [2.75, 3.05) is 20.2 Å². The highest BCUT2D eigenvalue weighted by Crippen LogP contribution is 2.34. The Kier molecular flexibility index (Phi) is 6.60. The van der Waals surface area contributed by atoms with Gasteiger partial charge in [0, 0.05) is 25.9 Å². The summed E-state index contributed by atoms with van der Waals surface area (Å²) in [7, 11) is 1.76. The number of hydrogen-bond donors (Lipinski definition) is 1. The molecule has 2 heterocycles. The molecule has 0 saturated heterocycles. The summed E-state index contributed by atoms with van der Waals surface area (Å²) in [5.41, 5.74) is 1.26. The van der Waals surface area contributed by atoms with Crippen molar-refractivity contribution >= 4 is 17.1 Å². The molecule has 0 unspecified atom stereocenters. The summed E-state index contributed by atoms with van der Waals surface area (Å²) in [6.45, 7) is 6.33. The van der Waals surface area contributed by atoms with E-state index in [0.717, 1.165) is 36.5 Å². The number of hydrogen-bond acceptors (Lipinski definition) is 7. The van der Waals surface area contributed by atoms with E-state index in [4.69, 9.17) is 9.72 Å². The number of carbonyl (C=O) groups excluding carboxylic acids is 1. The van der Waals surface area contributed by atoms with Crippen molar-refractivity contribution in [1.29, 1.82) is 0 Å². The van der Waals surface area contributed by atoms with Gasteiger partial charge in [0.1, 0.15) is 11.6 Å². The van der Waals surface area contributed by atoms with Crippen LogP contribution in [0, 0.1) is 11.8 Å². The maximum absolute atomic E-state index is 12.8. The van der Waals surface area contributed by atoms with Crippen LogP contribution in [0.1, 0.15) is 45.9 Å². The first-order valence-corrected chi connectivity index (χ1v) is 11.5. The largest absolute Gasteiger partial charge is 0.494 e. The fourth-order valence-electron chi connectivity index (χ4n) is 4.60. The average Bonchev–Trinajstić information content (AvgIpc) is 3.40. The van der Waals surface area contributed by atoms with Crippen LogP contribution in [0.4, 0.5) is 0 Å². The van der Waals surface area contributed by atoms with Crippen LogP contribution in [0.15, 0.2) is 30.5 Å². The van der Waals surface area contributed by atoms with E-state index in [9.17, 15) is 9.90 Å². The number of likely N-dealkylation sites (N-methyl/N-ethyl adjacent to an activating group) is 1. The van der Waals surface area contributed by atoms with E-state index in [-0.39, 0.29) is 11.8 Å². The average molecular weight is 453 g/mol. The van der Waals surface area contributed by atoms with Crippen LogP contribution in [-0.4, -0.2) is 66.7 Å². The minimum absolute atomic E-state index is 0.0119. The fraction of sp³-hybridized carbons (Fsp3) is 0.542. The van der Waals surface area contributed by atoms with Gasteiger partial charge in [0.05, 0.1) is 24.1 Å². The summed E-state index contributed by atoms with van der Waals surface area (Å²) in [5.74, 6) is 1.98. The van der Waals surface area contributed by atoms with Crippen LogP contribution in [0.25, 0.3) is 16.9 Å². The highest BCUT2D eigenvalue weighted by Gasteiger charge is 2.33. The summed E-state index contributed by atoms with van der Waals surface area (Å²) in [4.78, 5) is 23.7. The molecule has 4 rings (SSSR count). The van der Waals surface area contributed by atoms with Crippen LogP contribution in [-0.2, 0) is 11.2 Å². The maximum Gasteiger partial charge on any atom is 0.225 e. The molecule has 3 aromatic rings. The Labute approximate surface area is 193 Å². The van der Waals surface area contributed by atoms with Gasteiger partial charge in [-0.1, -0.05) is 5.21 Å². The van der Waals surface area contributed by atoms with E-state index in [1.54, 1.807) is 36.7 Å². The van der Waals surface area contributed by atoms with Crippen LogP contribution >= 0.6 is 0 Å². The molecule has 0 bridgehead atoms. The number of benzene rings is 1. The first kappa shape index (κ1) is 23.1. The zero-order valence-electron chi connectivity index (χ0n) is 19.7. The Balaban J connectivity index is 1.44. The van der Waals surface area contributed by atoms with Crippen LogP contribution in [0.3, 0.4) is 0 Å². The molecule has 1 aliphatic rings. The van der Waals surface area contributed by atoms with Crippen molar-refractivity contribution in [3.05, 3.63) is 36.3 Å². The summed E-state index contributed by atoms with van der Waals surface area (Å²) in [6.07, 6.45) is 5.05. The van der Waals surface area contributed by atoms with E-state index in [1.807, 2.05) is 31.2 Å². The smallest absolute Gasteiger partial charge is 0.225 e. The molecule has 2 atom stereocenters. The monoisotopic (exact) mass is 452 g/mol. The van der Waals surface area contributed by atoms with Gasteiger partial charge in [0.2, 0.25) is 5.91 Å². The summed E-state index contributed by atoms with van der Waals surface area (Å²) in [5, 5.41) is 18.5. The number of aromatic nitrogens is 5. The first-order chi connectivity index (χ1) is 15.7. The van der Waals surface area contributed by atoms with E-state index < -0.39 is 5.60 Å². The molecule has 0 spiro atoms. The Morgan fingerprint density at radius 2 is 2.03 bits per heavy atom. The molecule has 1 aromatic carbocycles. The zero-order valence-corrected chi connectivity index (χ0v) is 19.7. The lowest BCUT2D eigenvalue weighted by molar-refractivity contribution is -0.136. The fourth-order valence-corrected chi connectivity index (χ4v) is 4.60. The molecule has 1 fully saturated rings. The molecule has 2 aromatic heterocycles. The lowest BCUT2D eigenvalue weighted by atomic mass is 10.00. The van der Waals surface area contributed by atoms with Gasteiger partial charge in [-0.15, -0.1) is 5.10 Å². The van der Waals surface area contributed by atoms with E-state index in [1.165, 1.54) is 0 Å². The maximum atomic E-state index is 12.8. The topological polar surface area (TPSA) is 106 Å². The van der Waals surface area contributed by atoms with Gasteiger partial charge >= 0.3 is 0 Å². The highest BCUT2D eigenvalue weighted by atomic mass is 16.5. The molecule has 0 radical (unpaired) electrons. The molecular formula is C24H32N6O3. The van der Waals surface area contributed by atoms with Crippen LogP contribution in [0.2, 0.25) is 0 Å². The third-order valence-corrected chi connectivity index (χ3v) is 6.00. The van der Waals surface area contributed by atoms with Gasteiger partial charge in [0.15, 0.2) is 11.2 Å². The number of fused-ring (bicyclic) bond motifs is 1. The van der Waals surface area contributed by atoms with E-state index in [2.05, 4.69) is 15.3 Å². The third kappa shape index (κ3) is 5.47. The van der Waals surface area contributed by atoms with Crippen molar-refractivity contribution in [2.45, 2.75) is 52.1 Å². The first-order valence-electron chi connectivity index (χ1n) is 11.5. The van der Waals surface area contributed by atoms with E-state index in [0.29, 0.717) is 36.7 Å². The molecule has 1 aliphatic carbocycles. The van der Waals surface area contributed by atoms with Crippen molar-refractivity contribution in [3.8, 4) is 11.4 Å². The molecule has 0 aliphatic heterocycles. The molecule has 1 N–H and O–H groups in total. The summed E-state index contributed by atoms with van der Waals surface area (Å²) in [6, 6.07) is 7.66. The number of aliphatic hydroxyl groups is 1. The number of amides is 1. The second-order valence-electron chi connectivity index (χ2n) is 9.51. The van der Waals surface area contributed by atoms with Crippen molar-refractivity contribution in [1.82, 2.24) is 29.9 Å². The predicted molar refractivity (Wildman–Crippen MR) is 124 cm³/mol. The van der Waals surface area contributed by atoms with Crippen molar-refractivity contribution in [3.63, 3.8) is 0 Å². The Morgan fingerprint density at radius 1 is 1.27 bits per heavy atom. The second-order valence-corrected chi connectivity index (χ2v) is 9.51. The molecule has 9 heteroatoms. The van der Waals surface area contributed by atoms with Gasteiger partial charge in [-0.3, -0.25) is 4.79 Å². The number of ether oxygens (including phenoxy) is 1. The number of nitrogens with zero attached hydrogens (tertiary/aromatic N) is 6. The number of carbonyl (C=O) groups is 1. The second kappa shape index (κ2) is 9.43. The summed E-state index contributed by atoms with van der Waals surface area (Å²) < 4.78 is 7.22. The van der Waals surface area contributed by atoms with Gasteiger partial charge in [-0.25, -0.2) is 9.97 Å². The Morgan fingerprint density at radius 3 is 2.73 bits per heavy atom. The van der Waals surface area contributed by atoms with Crippen molar-refractivity contribution < 1.29 is 14.6 Å². The van der Waals surface area contributed by atoms with Gasteiger partial charge in [-0.05, 0) is 70.2 Å². The predicted octanol–water partition coefficient (Wildman–Crippen LogP) is 2.80. The van der Waals surface area contributed by atoms with Gasteiger partial charge < -0.3 is 14.7 Å². The van der Waals surface area contributed by atoms with Crippen molar-refractivity contribution in [2.24, 2.45) is 11.8 Å². The van der Waals surface area contributed by atoms with Gasteiger partial charge in [-0.2, -0.15) is 4.68 Å². The minimum Gasteiger partial charge on any atom is -0.494 e. The molecule has 1 saturated carbocycles. The molecular weight excluding hydrogens is 420 g/mol. The highest BCUT2D eigenvalue weighted by molar-refractivity contribution is 5.79. The quantitative estimate of drug-likeness (QED) is 0.560. The SMILES string of the molecule is CCOc1ccc(-n2nnc3cnc(C[C@@H]4CC[C@@H](C(=O)N(C)CC(C)(C)O)C4)nc32)cc1. The Bertz CT molecular complexity index is 1110. The molecule has 33 heavy (non-hydrogen) atoms. The Hall–Kier alpha value is -3.07. The normalized spacial score (nSPS) is 18.6. The molecule has 1 amide bonds. The van der Waals surface area contributed by atoms with Gasteiger partial charge in [0.25, 0.3) is 0 Å². The van der Waals surface area contributed by atoms with E-state index >= 15 is 0 Å². The van der Waals surface area contributed by atoms with Crippen LogP contribution < -0.4 is 4.74 Å². The minimum atomic E-state index is -0.897.